The van der Waals surface area contributed by atoms with E-state index in [1.54, 1.807) is 6.92 Å². The highest BCUT2D eigenvalue weighted by atomic mass is 32.2. The molecule has 0 bridgehead atoms. The lowest BCUT2D eigenvalue weighted by Crippen LogP contribution is -2.38. The van der Waals surface area contributed by atoms with E-state index < -0.39 is 10.0 Å². The van der Waals surface area contributed by atoms with E-state index in [1.165, 1.54) is 0 Å². The molecule has 0 radical (unpaired) electrons. The van der Waals surface area contributed by atoms with Gasteiger partial charge in [0.2, 0.25) is 10.0 Å². The normalized spacial score (nSPS) is 27.1. The molecule has 0 spiro atoms. The van der Waals surface area contributed by atoms with E-state index in [-0.39, 0.29) is 17.5 Å². The number of aromatic amines is 1. The molecular formula is C13H24N4O2S. The van der Waals surface area contributed by atoms with Gasteiger partial charge in [0.05, 0.1) is 11.4 Å². The van der Waals surface area contributed by atoms with Crippen LogP contribution in [-0.2, 0) is 16.6 Å². The van der Waals surface area contributed by atoms with Crippen molar-refractivity contribution in [3.8, 4) is 0 Å². The third kappa shape index (κ3) is 2.75. The van der Waals surface area contributed by atoms with Crippen LogP contribution in [-0.4, -0.2) is 24.7 Å². The average Bonchev–Trinajstić information content (AvgIpc) is 2.94. The molecule has 0 amide bonds. The van der Waals surface area contributed by atoms with Gasteiger partial charge in [0, 0.05) is 12.6 Å². The highest BCUT2D eigenvalue weighted by molar-refractivity contribution is 7.89. The molecule has 1 saturated carbocycles. The zero-order valence-electron chi connectivity index (χ0n) is 12.3. The number of nitrogens with one attached hydrogen (secondary N) is 2. The van der Waals surface area contributed by atoms with E-state index in [9.17, 15) is 8.42 Å². The lowest BCUT2D eigenvalue weighted by molar-refractivity contribution is 0.368. The van der Waals surface area contributed by atoms with Crippen LogP contribution in [0.2, 0.25) is 0 Å². The smallest absolute Gasteiger partial charge is 0.244 e. The van der Waals surface area contributed by atoms with Crippen molar-refractivity contribution in [2.45, 2.75) is 57.5 Å². The third-order valence-corrected chi connectivity index (χ3v) is 6.17. The zero-order chi connectivity index (χ0) is 14.9. The summed E-state index contributed by atoms with van der Waals surface area (Å²) in [7, 11) is -3.56. The van der Waals surface area contributed by atoms with E-state index in [0.29, 0.717) is 23.2 Å². The number of sulfonamides is 1. The number of hydrogen-bond donors (Lipinski definition) is 3. The summed E-state index contributed by atoms with van der Waals surface area (Å²) in [6.07, 6.45) is 3.07. The largest absolute Gasteiger partial charge is 0.325 e. The van der Waals surface area contributed by atoms with Crippen molar-refractivity contribution in [2.24, 2.45) is 17.6 Å². The minimum absolute atomic E-state index is 0.00451. The number of nitrogens with two attached hydrogens (primary N) is 1. The lowest BCUT2D eigenvalue weighted by Gasteiger charge is -2.21. The van der Waals surface area contributed by atoms with Crippen molar-refractivity contribution >= 4 is 10.0 Å². The second-order valence-corrected chi connectivity index (χ2v) is 7.31. The Balaban J connectivity index is 2.22. The number of hydrogen-bond acceptors (Lipinski definition) is 4. The van der Waals surface area contributed by atoms with E-state index in [4.69, 9.17) is 5.73 Å². The van der Waals surface area contributed by atoms with E-state index in [1.807, 2.05) is 0 Å². The zero-order valence-corrected chi connectivity index (χ0v) is 13.1. The van der Waals surface area contributed by atoms with Crippen LogP contribution in [0.3, 0.4) is 0 Å². The Hall–Kier alpha value is -0.920. The summed E-state index contributed by atoms with van der Waals surface area (Å²) in [6.45, 7) is 6.09. The first-order valence-corrected chi connectivity index (χ1v) is 8.65. The van der Waals surface area contributed by atoms with Gasteiger partial charge in [0.25, 0.3) is 0 Å². The molecule has 1 aromatic rings. The summed E-state index contributed by atoms with van der Waals surface area (Å²) in [5, 5.41) is 6.66. The van der Waals surface area contributed by atoms with Gasteiger partial charge in [-0.2, -0.15) is 5.10 Å². The van der Waals surface area contributed by atoms with Crippen LogP contribution in [0.1, 0.15) is 44.5 Å². The molecule has 1 aliphatic carbocycles. The number of aromatic nitrogens is 2. The van der Waals surface area contributed by atoms with Crippen molar-refractivity contribution in [3.05, 3.63) is 11.4 Å². The van der Waals surface area contributed by atoms with Crippen molar-refractivity contribution in [2.75, 3.05) is 0 Å². The third-order valence-electron chi connectivity index (χ3n) is 4.48. The molecule has 1 heterocycles. The molecule has 6 nitrogen and oxygen atoms in total. The Morgan fingerprint density at radius 2 is 2.15 bits per heavy atom. The van der Waals surface area contributed by atoms with Gasteiger partial charge in [-0.05, 0) is 31.6 Å². The molecule has 0 aromatic carbocycles. The molecule has 114 valence electrons. The Labute approximate surface area is 120 Å². The molecule has 7 heteroatoms. The fourth-order valence-electron chi connectivity index (χ4n) is 3.21. The molecule has 0 saturated heterocycles. The maximum absolute atomic E-state index is 12.6. The predicted octanol–water partition coefficient (Wildman–Crippen LogP) is 1.28. The molecule has 1 aliphatic rings. The minimum Gasteiger partial charge on any atom is -0.325 e. The predicted molar refractivity (Wildman–Crippen MR) is 77.5 cm³/mol. The average molecular weight is 300 g/mol. The molecule has 1 aromatic heterocycles. The van der Waals surface area contributed by atoms with Crippen molar-refractivity contribution in [3.63, 3.8) is 0 Å². The summed E-state index contributed by atoms with van der Waals surface area (Å²) in [5.41, 5.74) is 6.50. The minimum atomic E-state index is -3.56. The topological polar surface area (TPSA) is 101 Å². The first kappa shape index (κ1) is 15.5. The Morgan fingerprint density at radius 1 is 1.45 bits per heavy atom. The van der Waals surface area contributed by atoms with E-state index in [0.717, 1.165) is 19.3 Å². The molecule has 20 heavy (non-hydrogen) atoms. The maximum atomic E-state index is 12.6. The lowest BCUT2D eigenvalue weighted by atomic mass is 9.94. The Morgan fingerprint density at radius 3 is 2.70 bits per heavy atom. The summed E-state index contributed by atoms with van der Waals surface area (Å²) in [4.78, 5) is 0.215. The fourth-order valence-corrected chi connectivity index (χ4v) is 4.95. The molecule has 1 fully saturated rings. The van der Waals surface area contributed by atoms with Gasteiger partial charge in [-0.15, -0.1) is 0 Å². The van der Waals surface area contributed by atoms with Crippen LogP contribution >= 0.6 is 0 Å². The maximum Gasteiger partial charge on any atom is 0.244 e. The number of H-pyrrole nitrogens is 1. The first-order valence-electron chi connectivity index (χ1n) is 7.17. The molecular weight excluding hydrogens is 276 g/mol. The molecule has 0 aliphatic heterocycles. The quantitative estimate of drug-likeness (QED) is 0.762. The monoisotopic (exact) mass is 300 g/mol. The standard InChI is InChI=1S/C13H24N4O2S/c1-4-10-5-6-11(8(10)2)17-20(18,19)13-9(3)15-16-12(13)7-14/h8,10-11,17H,4-7,14H2,1-3H3,(H,15,16). The van der Waals surface area contributed by atoms with Gasteiger partial charge in [0.15, 0.2) is 0 Å². The first-order chi connectivity index (χ1) is 9.40. The van der Waals surface area contributed by atoms with Crippen LogP contribution in [0.25, 0.3) is 0 Å². The molecule has 4 N–H and O–H groups in total. The van der Waals surface area contributed by atoms with Gasteiger partial charge in [-0.1, -0.05) is 20.3 Å². The van der Waals surface area contributed by atoms with Gasteiger partial charge < -0.3 is 5.73 Å². The van der Waals surface area contributed by atoms with Gasteiger partial charge >= 0.3 is 0 Å². The summed E-state index contributed by atoms with van der Waals surface area (Å²) < 4.78 is 28.0. The SMILES string of the molecule is CCC1CCC(NS(=O)(=O)c2c(CN)n[nH]c2C)C1C. The highest BCUT2D eigenvalue weighted by Crippen LogP contribution is 2.34. The summed E-state index contributed by atoms with van der Waals surface area (Å²) >= 11 is 0. The Bertz CT molecular complexity index is 567. The van der Waals surface area contributed by atoms with Crippen LogP contribution in [0.4, 0.5) is 0 Å². The number of rotatable bonds is 5. The second kappa shape index (κ2) is 5.83. The Kier molecular flexibility index (Phi) is 4.51. The second-order valence-electron chi connectivity index (χ2n) is 5.66. The van der Waals surface area contributed by atoms with Gasteiger partial charge in [0.1, 0.15) is 4.90 Å². The van der Waals surface area contributed by atoms with Gasteiger partial charge in [-0.25, -0.2) is 13.1 Å². The fraction of sp³-hybridized carbons (Fsp3) is 0.769. The number of nitrogens with zero attached hydrogens (tertiary/aromatic N) is 1. The molecule has 3 unspecified atom stereocenters. The van der Waals surface area contributed by atoms with E-state index in [2.05, 4.69) is 28.8 Å². The van der Waals surface area contributed by atoms with Crippen molar-refractivity contribution < 1.29 is 8.42 Å². The van der Waals surface area contributed by atoms with Crippen molar-refractivity contribution in [1.29, 1.82) is 0 Å². The number of aryl methyl sites for hydroxylation is 1. The van der Waals surface area contributed by atoms with Crippen LogP contribution in [0.15, 0.2) is 4.90 Å². The van der Waals surface area contributed by atoms with E-state index >= 15 is 0 Å². The van der Waals surface area contributed by atoms with Crippen molar-refractivity contribution in [1.82, 2.24) is 14.9 Å². The summed E-state index contributed by atoms with van der Waals surface area (Å²) in [6, 6.07) is 0.00451. The molecule has 2 rings (SSSR count). The van der Waals surface area contributed by atoms with Gasteiger partial charge in [-0.3, -0.25) is 5.10 Å². The molecule has 3 atom stereocenters. The van der Waals surface area contributed by atoms with Crippen LogP contribution in [0.5, 0.6) is 0 Å². The van der Waals surface area contributed by atoms with Crippen LogP contribution < -0.4 is 10.5 Å². The highest BCUT2D eigenvalue weighted by Gasteiger charge is 2.35. The van der Waals surface area contributed by atoms with Crippen LogP contribution in [0, 0.1) is 18.8 Å². The summed E-state index contributed by atoms with van der Waals surface area (Å²) in [5.74, 6) is 0.963.